The summed E-state index contributed by atoms with van der Waals surface area (Å²) in [5.41, 5.74) is 2.12. The van der Waals surface area contributed by atoms with Gasteiger partial charge in [-0.15, -0.1) is 6.58 Å². The molecule has 28 heavy (non-hydrogen) atoms. The lowest BCUT2D eigenvalue weighted by atomic mass is 9.83. The van der Waals surface area contributed by atoms with Gasteiger partial charge in [-0.3, -0.25) is 4.79 Å². The quantitative estimate of drug-likeness (QED) is 0.301. The van der Waals surface area contributed by atoms with Gasteiger partial charge in [0.25, 0.3) is 0 Å². The van der Waals surface area contributed by atoms with Gasteiger partial charge in [0.1, 0.15) is 11.5 Å². The second-order valence-electron chi connectivity index (χ2n) is 7.01. The molecule has 0 bridgehead atoms. The largest absolute Gasteiger partial charge is 0.493 e. The number of allylic oxidation sites excluding steroid dienone is 6. The molecule has 1 aromatic carbocycles. The van der Waals surface area contributed by atoms with Crippen molar-refractivity contribution in [2.75, 3.05) is 13.2 Å². The summed E-state index contributed by atoms with van der Waals surface area (Å²) in [6, 6.07) is 3.93. The van der Waals surface area contributed by atoms with Crippen LogP contribution >= 0.6 is 12.2 Å². The highest BCUT2D eigenvalue weighted by atomic mass is 32.1. The lowest BCUT2D eigenvalue weighted by molar-refractivity contribution is -0.111. The monoisotopic (exact) mass is 396 g/mol. The number of ketones is 1. The van der Waals surface area contributed by atoms with Crippen LogP contribution in [0.4, 0.5) is 0 Å². The van der Waals surface area contributed by atoms with Gasteiger partial charge >= 0.3 is 0 Å². The second-order valence-corrected chi connectivity index (χ2v) is 7.53. The third-order valence-electron chi connectivity index (χ3n) is 4.61. The van der Waals surface area contributed by atoms with Crippen molar-refractivity contribution in [3.05, 3.63) is 65.8 Å². The highest BCUT2D eigenvalue weighted by molar-refractivity contribution is 7.80. The molecule has 1 aliphatic carbocycles. The molecule has 1 aliphatic rings. The van der Waals surface area contributed by atoms with Crippen LogP contribution in [-0.4, -0.2) is 23.9 Å². The van der Waals surface area contributed by atoms with Crippen molar-refractivity contribution in [1.82, 2.24) is 0 Å². The maximum Gasteiger partial charge on any atom is 0.185 e. The molecule has 0 spiro atoms. The van der Waals surface area contributed by atoms with E-state index in [4.69, 9.17) is 21.7 Å². The number of thiocarbonyl (C=S) groups is 1. The summed E-state index contributed by atoms with van der Waals surface area (Å²) < 4.78 is 11.8. The number of hydrogen-bond acceptors (Lipinski definition) is 4. The number of carbonyl (C=O) groups is 1. The SMILES string of the molecule is C=CC(C)(C)c1ccc(OCC)c(C=CC(=O)C2=CCC(=S)C=C2)c1OCC. The molecule has 0 heterocycles. The lowest BCUT2D eigenvalue weighted by Gasteiger charge is -2.26. The molecule has 0 radical (unpaired) electrons. The van der Waals surface area contributed by atoms with E-state index < -0.39 is 0 Å². The van der Waals surface area contributed by atoms with Crippen molar-refractivity contribution >= 4 is 28.9 Å². The number of benzene rings is 1. The molecule has 0 aliphatic heterocycles. The van der Waals surface area contributed by atoms with Crippen LogP contribution in [0, 0.1) is 0 Å². The van der Waals surface area contributed by atoms with Gasteiger partial charge in [-0.2, -0.15) is 0 Å². The molecular formula is C24H28O3S. The molecule has 0 unspecified atom stereocenters. The summed E-state index contributed by atoms with van der Waals surface area (Å²) in [4.78, 5) is 13.4. The fourth-order valence-electron chi connectivity index (χ4n) is 2.91. The van der Waals surface area contributed by atoms with E-state index in [1.807, 2.05) is 38.1 Å². The summed E-state index contributed by atoms with van der Waals surface area (Å²) in [6.45, 7) is 13.0. The predicted octanol–water partition coefficient (Wildman–Crippen LogP) is 5.79. The molecule has 3 nitrogen and oxygen atoms in total. The van der Waals surface area contributed by atoms with E-state index in [1.54, 1.807) is 24.3 Å². The average molecular weight is 397 g/mol. The molecule has 0 amide bonds. The Morgan fingerprint density at radius 3 is 2.50 bits per heavy atom. The van der Waals surface area contributed by atoms with Crippen LogP contribution in [0.3, 0.4) is 0 Å². The van der Waals surface area contributed by atoms with Crippen LogP contribution in [-0.2, 0) is 10.2 Å². The highest BCUT2D eigenvalue weighted by Crippen LogP contribution is 2.40. The van der Waals surface area contributed by atoms with Gasteiger partial charge in [0.2, 0.25) is 0 Å². The normalized spacial score (nSPS) is 14.1. The van der Waals surface area contributed by atoms with Crippen molar-refractivity contribution in [2.45, 2.75) is 39.5 Å². The third kappa shape index (κ3) is 5.08. The van der Waals surface area contributed by atoms with E-state index in [0.717, 1.165) is 21.7 Å². The fraction of sp³-hybridized carbons (Fsp3) is 0.333. The van der Waals surface area contributed by atoms with Crippen LogP contribution in [0.2, 0.25) is 0 Å². The molecular weight excluding hydrogens is 368 g/mol. The molecule has 0 aromatic heterocycles. The maximum absolute atomic E-state index is 12.6. The minimum absolute atomic E-state index is 0.0722. The Kier molecular flexibility index (Phi) is 7.53. The summed E-state index contributed by atoms with van der Waals surface area (Å²) in [5.74, 6) is 1.33. The standard InChI is InChI=1S/C24H28O3S/c1-6-24(4,5)20-14-16-22(26-7-2)19(23(20)27-8-3)13-15-21(25)17-9-11-18(28)12-10-17/h6,9-11,13-16H,1,7-8,12H2,2-5H3. The summed E-state index contributed by atoms with van der Waals surface area (Å²) >= 11 is 5.14. The van der Waals surface area contributed by atoms with E-state index in [-0.39, 0.29) is 11.2 Å². The number of carbonyl (C=O) groups excluding carboxylic acids is 1. The van der Waals surface area contributed by atoms with Gasteiger partial charge in [0, 0.05) is 27.8 Å². The van der Waals surface area contributed by atoms with Gasteiger partial charge in [-0.05, 0) is 38.1 Å². The van der Waals surface area contributed by atoms with E-state index in [1.165, 1.54) is 0 Å². The Hall–Kier alpha value is -2.46. The highest BCUT2D eigenvalue weighted by Gasteiger charge is 2.25. The van der Waals surface area contributed by atoms with Crippen LogP contribution in [0.15, 0.2) is 54.7 Å². The molecule has 0 N–H and O–H groups in total. The zero-order valence-electron chi connectivity index (χ0n) is 17.1. The Morgan fingerprint density at radius 2 is 1.93 bits per heavy atom. The minimum atomic E-state index is -0.286. The minimum Gasteiger partial charge on any atom is -0.493 e. The predicted molar refractivity (Wildman–Crippen MR) is 120 cm³/mol. The maximum atomic E-state index is 12.6. The molecule has 1 aromatic rings. The van der Waals surface area contributed by atoms with E-state index in [9.17, 15) is 4.79 Å². The first-order valence-corrected chi connectivity index (χ1v) is 9.95. The van der Waals surface area contributed by atoms with Gasteiger partial charge in [0.15, 0.2) is 5.78 Å². The molecule has 0 saturated heterocycles. The van der Waals surface area contributed by atoms with Crippen LogP contribution in [0.5, 0.6) is 11.5 Å². The van der Waals surface area contributed by atoms with E-state index in [0.29, 0.717) is 31.0 Å². The third-order valence-corrected chi connectivity index (χ3v) is 4.91. The fourth-order valence-corrected chi connectivity index (χ4v) is 3.06. The van der Waals surface area contributed by atoms with Crippen LogP contribution < -0.4 is 9.47 Å². The smallest absolute Gasteiger partial charge is 0.185 e. The topological polar surface area (TPSA) is 35.5 Å². The first-order chi connectivity index (χ1) is 13.3. The van der Waals surface area contributed by atoms with Crippen LogP contribution in [0.25, 0.3) is 6.08 Å². The van der Waals surface area contributed by atoms with Gasteiger partial charge in [-0.25, -0.2) is 0 Å². The van der Waals surface area contributed by atoms with Gasteiger partial charge in [0.05, 0.1) is 18.8 Å². The average Bonchev–Trinajstić information content (AvgIpc) is 2.68. The van der Waals surface area contributed by atoms with Crippen molar-refractivity contribution in [3.63, 3.8) is 0 Å². The Morgan fingerprint density at radius 1 is 1.21 bits per heavy atom. The van der Waals surface area contributed by atoms with E-state index in [2.05, 4.69) is 20.4 Å². The van der Waals surface area contributed by atoms with Gasteiger partial charge in [-0.1, -0.05) is 50.4 Å². The molecule has 0 fully saturated rings. The van der Waals surface area contributed by atoms with Crippen molar-refractivity contribution < 1.29 is 14.3 Å². The Labute approximate surface area is 173 Å². The number of rotatable bonds is 9. The second kappa shape index (κ2) is 9.65. The first-order valence-electron chi connectivity index (χ1n) is 9.54. The lowest BCUT2D eigenvalue weighted by Crippen LogP contribution is -2.16. The zero-order chi connectivity index (χ0) is 20.7. The van der Waals surface area contributed by atoms with Gasteiger partial charge < -0.3 is 9.47 Å². The summed E-state index contributed by atoms with van der Waals surface area (Å²) in [6.07, 6.45) is 11.3. The molecule has 2 rings (SSSR count). The Balaban J connectivity index is 2.51. The molecule has 148 valence electrons. The summed E-state index contributed by atoms with van der Waals surface area (Å²) in [7, 11) is 0. The molecule has 0 atom stereocenters. The zero-order valence-corrected chi connectivity index (χ0v) is 17.9. The first kappa shape index (κ1) is 21.8. The van der Waals surface area contributed by atoms with Crippen LogP contribution in [0.1, 0.15) is 45.2 Å². The number of ether oxygens (including phenoxy) is 2. The molecule has 0 saturated carbocycles. The Bertz CT molecular complexity index is 857. The van der Waals surface area contributed by atoms with Crippen molar-refractivity contribution in [2.24, 2.45) is 0 Å². The van der Waals surface area contributed by atoms with E-state index >= 15 is 0 Å². The molecule has 4 heteroatoms. The number of hydrogen-bond donors (Lipinski definition) is 0. The van der Waals surface area contributed by atoms with Crippen molar-refractivity contribution in [3.8, 4) is 11.5 Å². The van der Waals surface area contributed by atoms with Crippen molar-refractivity contribution in [1.29, 1.82) is 0 Å². The summed E-state index contributed by atoms with van der Waals surface area (Å²) in [5, 5.41) is 0.